The Bertz CT molecular complexity index is 2450. The number of amides is 1. The van der Waals surface area contributed by atoms with Crippen LogP contribution < -0.4 is 14.8 Å². The number of fused-ring (bicyclic) bond motifs is 1. The number of thiazole rings is 1. The van der Waals surface area contributed by atoms with E-state index >= 15 is 0 Å². The quantitative estimate of drug-likeness (QED) is 0.0725. The molecule has 0 radical (unpaired) electrons. The number of benzene rings is 2. The molecule has 1 saturated heterocycles. The van der Waals surface area contributed by atoms with Gasteiger partial charge in [0.15, 0.2) is 20.8 Å². The van der Waals surface area contributed by atoms with Crippen LogP contribution in [0.15, 0.2) is 60.5 Å². The van der Waals surface area contributed by atoms with Crippen molar-refractivity contribution < 1.29 is 45.7 Å². The van der Waals surface area contributed by atoms with Crippen molar-refractivity contribution in [3.63, 3.8) is 0 Å². The Morgan fingerprint density at radius 3 is 2.46 bits per heavy atom. The van der Waals surface area contributed by atoms with Gasteiger partial charge in [0.1, 0.15) is 34.9 Å². The highest BCUT2D eigenvalue weighted by Crippen LogP contribution is 2.74. The lowest BCUT2D eigenvalue weighted by molar-refractivity contribution is -0.143. The molecule has 0 spiro atoms. The minimum absolute atomic E-state index is 0.0237. The molecule has 1 saturated carbocycles. The molecule has 2 aliphatic rings. The second kappa shape index (κ2) is 17.9. The fourth-order valence-electron chi connectivity index (χ4n) is 8.22. The first-order chi connectivity index (χ1) is 28.6. The van der Waals surface area contributed by atoms with Crippen molar-refractivity contribution in [3.05, 3.63) is 77.7 Å². The zero-order chi connectivity index (χ0) is 44.7. The third-order valence-electron chi connectivity index (χ3n) is 11.6. The highest BCUT2D eigenvalue weighted by molar-refractivity contribution is 7.91. The molecule has 1 unspecified atom stereocenters. The predicted octanol–water partition coefficient (Wildman–Crippen LogP) is 8.68. The van der Waals surface area contributed by atoms with Gasteiger partial charge in [-0.3, -0.25) is 14.2 Å². The van der Waals surface area contributed by atoms with Crippen LogP contribution in [-0.4, -0.2) is 88.4 Å². The molecule has 1 aliphatic heterocycles. The van der Waals surface area contributed by atoms with Crippen molar-refractivity contribution in [1.29, 1.82) is 0 Å². The Hall–Kier alpha value is -4.24. The van der Waals surface area contributed by atoms with Crippen molar-refractivity contribution in [3.8, 4) is 22.9 Å². The van der Waals surface area contributed by atoms with Gasteiger partial charge in [-0.2, -0.15) is 0 Å². The first-order valence-electron chi connectivity index (χ1n) is 20.4. The van der Waals surface area contributed by atoms with Crippen LogP contribution in [0.25, 0.3) is 22.3 Å². The largest absolute Gasteiger partial charge is 0.497 e. The Balaban J connectivity index is 1.38. The zero-order valence-corrected chi connectivity index (χ0v) is 38.1. The summed E-state index contributed by atoms with van der Waals surface area (Å²) in [4.78, 5) is 52.1. The molecular weight excluding hydrogens is 846 g/mol. The smallest absolute Gasteiger partial charge is 0.227 e. The van der Waals surface area contributed by atoms with E-state index in [-0.39, 0.29) is 31.2 Å². The predicted molar refractivity (Wildman–Crippen MR) is 235 cm³/mol. The number of nitrogens with zero attached hydrogens (tertiary/aromatic N) is 3. The maximum Gasteiger partial charge on any atom is 0.227 e. The van der Waals surface area contributed by atoms with Crippen LogP contribution >= 0.6 is 18.7 Å². The van der Waals surface area contributed by atoms with Gasteiger partial charge in [-0.25, -0.2) is 27.2 Å². The van der Waals surface area contributed by atoms with Gasteiger partial charge >= 0.3 is 0 Å². The number of carbonyl (C=O) groups excluding carboxylic acids is 2. The number of hydrogen-bond donors (Lipinski definition) is 2. The van der Waals surface area contributed by atoms with Crippen LogP contribution in [0.1, 0.15) is 72.8 Å². The van der Waals surface area contributed by atoms with Crippen LogP contribution in [0, 0.1) is 28.9 Å². The number of Topliss-reactive ketones (excluding diaryl/α,β-unsaturated/α-hetero) is 1. The summed E-state index contributed by atoms with van der Waals surface area (Å²) < 4.78 is 82.6. The first-order valence-corrected chi connectivity index (χ1v) is 24.9. The minimum Gasteiger partial charge on any atom is -0.497 e. The van der Waals surface area contributed by atoms with E-state index in [0.717, 1.165) is 18.2 Å². The maximum absolute atomic E-state index is 14.8. The van der Waals surface area contributed by atoms with Crippen LogP contribution in [-0.2, 0) is 30.2 Å². The summed E-state index contributed by atoms with van der Waals surface area (Å²) in [6.45, 7) is 14.8. The number of aromatic nitrogens is 2. The molecule has 2 aromatic heterocycles. The Labute approximate surface area is 360 Å². The van der Waals surface area contributed by atoms with E-state index in [4.69, 9.17) is 19.4 Å². The average molecular weight is 901 g/mol. The molecule has 1 aliphatic carbocycles. The van der Waals surface area contributed by atoms with Crippen molar-refractivity contribution in [2.45, 2.75) is 96.7 Å². The Kier molecular flexibility index (Phi) is 13.5. The number of likely N-dealkylation sites (tertiary alicyclic amines) is 1. The number of anilines is 1. The van der Waals surface area contributed by atoms with Gasteiger partial charge < -0.3 is 24.6 Å². The summed E-state index contributed by atoms with van der Waals surface area (Å²) in [6, 6.07) is 9.21. The number of allylic oxidation sites excluding steroid dienone is 1. The normalized spacial score (nSPS) is 21.9. The van der Waals surface area contributed by atoms with Crippen molar-refractivity contribution in [1.82, 2.24) is 14.9 Å². The average Bonchev–Trinajstić information content (AvgIpc) is 3.46. The van der Waals surface area contributed by atoms with E-state index in [0.29, 0.717) is 45.3 Å². The summed E-state index contributed by atoms with van der Waals surface area (Å²) in [5.41, 5.74) is 0.256. The number of ether oxygens (including phenoxy) is 2. The molecule has 17 heteroatoms. The third kappa shape index (κ3) is 10.0. The van der Waals surface area contributed by atoms with Gasteiger partial charge in [0.25, 0.3) is 0 Å². The maximum atomic E-state index is 14.8. The second-order valence-electron chi connectivity index (χ2n) is 17.6. The molecule has 3 heterocycles. The van der Waals surface area contributed by atoms with E-state index in [1.807, 2.05) is 19.2 Å². The first kappa shape index (κ1) is 46.3. The van der Waals surface area contributed by atoms with E-state index in [9.17, 15) is 36.2 Å². The molecule has 2 aromatic carbocycles. The van der Waals surface area contributed by atoms with Gasteiger partial charge in [-0.1, -0.05) is 39.8 Å². The second-order valence-corrected chi connectivity index (χ2v) is 23.3. The summed E-state index contributed by atoms with van der Waals surface area (Å²) in [5, 5.41) is 4.93. The van der Waals surface area contributed by atoms with Crippen LogP contribution in [0.3, 0.4) is 0 Å². The summed E-state index contributed by atoms with van der Waals surface area (Å²) >= 11 is 1.42. The molecule has 2 fully saturated rings. The van der Waals surface area contributed by atoms with Gasteiger partial charge in [0, 0.05) is 53.1 Å². The van der Waals surface area contributed by atoms with E-state index < -0.39 is 99.0 Å². The van der Waals surface area contributed by atoms with Crippen molar-refractivity contribution in [2.75, 3.05) is 30.5 Å². The molecule has 0 bridgehead atoms. The van der Waals surface area contributed by atoms with Gasteiger partial charge in [-0.15, -0.1) is 17.9 Å². The number of ketones is 1. The number of carbonyl (C=O) groups is 2. The van der Waals surface area contributed by atoms with E-state index in [1.54, 1.807) is 59.1 Å². The van der Waals surface area contributed by atoms with E-state index in [2.05, 4.69) is 11.9 Å². The lowest BCUT2D eigenvalue weighted by Crippen LogP contribution is -2.49. The van der Waals surface area contributed by atoms with Crippen LogP contribution in [0.4, 0.5) is 13.9 Å². The molecule has 6 atom stereocenters. The lowest BCUT2D eigenvalue weighted by atomic mass is 9.81. The lowest BCUT2D eigenvalue weighted by Gasteiger charge is -2.35. The van der Waals surface area contributed by atoms with Crippen LogP contribution in [0.2, 0.25) is 0 Å². The van der Waals surface area contributed by atoms with Crippen molar-refractivity contribution in [2.24, 2.45) is 17.3 Å². The molecule has 6 rings (SSSR count). The molecule has 2 N–H and O–H groups in total. The van der Waals surface area contributed by atoms with Crippen molar-refractivity contribution >= 4 is 56.3 Å². The van der Waals surface area contributed by atoms with Gasteiger partial charge in [0.05, 0.1) is 53.9 Å². The fourth-order valence-corrected chi connectivity index (χ4v) is 13.6. The number of nitrogens with one attached hydrogen (secondary N) is 1. The monoisotopic (exact) mass is 900 g/mol. The summed E-state index contributed by atoms with van der Waals surface area (Å²) in [5.74, 6) is -4.29. The molecule has 12 nitrogen and oxygen atoms in total. The van der Waals surface area contributed by atoms with E-state index in [1.165, 1.54) is 22.3 Å². The highest BCUT2D eigenvalue weighted by atomic mass is 32.2. The summed E-state index contributed by atoms with van der Waals surface area (Å²) in [6.07, 6.45) is -0.225. The molecular formula is C44H55F2N4O8PS2. The Morgan fingerprint density at radius 2 is 1.85 bits per heavy atom. The standard InChI is InChI=1S/C44H55F2N4O8PS2/c1-9-16-61(55,56)25-32(43(5,6)7)41(52)50-22-29(18-38(50)39(51)21-44(20-27(44)10-2)59(53,54)23-31-33(45)12-11-13-34(31)46)58-40-19-36(37-24-60-42(49-37)47-26(3)4)48-35-17-28(57-8)14-15-30(35)40/h10-15,17,19,24,26-27,29,32,38H,2,9,16,18,20-23,25H2,1,3-8H3,(H,47,49)(H,53,54)/t27-,29-,32-,38+,44-/m1/s1. The van der Waals surface area contributed by atoms with Gasteiger partial charge in [-0.05, 0) is 62.3 Å². The third-order valence-corrected chi connectivity index (χ3v) is 17.1. The molecule has 61 heavy (non-hydrogen) atoms. The number of methoxy groups -OCH3 is 1. The Morgan fingerprint density at radius 1 is 1.15 bits per heavy atom. The molecule has 4 aromatic rings. The molecule has 1 amide bonds. The zero-order valence-electron chi connectivity index (χ0n) is 35.6. The number of sulfone groups is 1. The number of hydrogen-bond acceptors (Lipinski definition) is 11. The number of halogens is 2. The molecule has 330 valence electrons. The fraction of sp³-hybridized carbons (Fsp3) is 0.500. The SMILES string of the molecule is C=C[C@@H]1C[C@]1(CC(=O)[C@@H]1C[C@@H](Oc2cc(-c3csc(NC(C)C)n3)nc3cc(OC)ccc23)CN1C(=O)[C@@H](CS(=O)(=O)CCC)C(C)(C)C)P(=O)(O)Cc1c(F)cccc1F. The number of pyridine rings is 1. The van der Waals surface area contributed by atoms with Crippen LogP contribution in [0.5, 0.6) is 11.5 Å². The minimum atomic E-state index is -4.51. The van der Waals surface area contributed by atoms with Gasteiger partial charge in [0.2, 0.25) is 13.3 Å². The topological polar surface area (TPSA) is 165 Å². The highest BCUT2D eigenvalue weighted by Gasteiger charge is 2.65. The summed E-state index contributed by atoms with van der Waals surface area (Å²) in [7, 11) is -6.64. The number of rotatable bonds is 18.